The van der Waals surface area contributed by atoms with Gasteiger partial charge in [-0.25, -0.2) is 4.98 Å². The molecule has 0 N–H and O–H groups in total. The second kappa shape index (κ2) is 6.75. The van der Waals surface area contributed by atoms with E-state index in [9.17, 15) is 4.79 Å². The summed E-state index contributed by atoms with van der Waals surface area (Å²) in [6.45, 7) is 6.51. The van der Waals surface area contributed by atoms with Gasteiger partial charge in [0.2, 0.25) is 0 Å². The number of hydrogen-bond acceptors (Lipinski definition) is 2. The second-order valence-corrected chi connectivity index (χ2v) is 6.56. The fourth-order valence-electron chi connectivity index (χ4n) is 3.36. The van der Waals surface area contributed by atoms with Crippen LogP contribution >= 0.6 is 11.6 Å². The Morgan fingerprint density at radius 1 is 1.43 bits per heavy atom. The van der Waals surface area contributed by atoms with E-state index in [0.717, 1.165) is 49.4 Å². The first-order valence-electron chi connectivity index (χ1n) is 8.16. The third-order valence-electron chi connectivity index (χ3n) is 4.58. The van der Waals surface area contributed by atoms with Crippen LogP contribution in [0.5, 0.6) is 0 Å². The Labute approximate surface area is 142 Å². The van der Waals surface area contributed by atoms with Crippen molar-refractivity contribution in [2.75, 3.05) is 13.1 Å². The molecule has 2 heterocycles. The van der Waals surface area contributed by atoms with E-state index < -0.39 is 0 Å². The fourth-order valence-corrected chi connectivity index (χ4v) is 3.58. The topological polar surface area (TPSA) is 38.1 Å². The van der Waals surface area contributed by atoms with Crippen LogP contribution in [0.4, 0.5) is 0 Å². The molecule has 5 heteroatoms. The van der Waals surface area contributed by atoms with Crippen molar-refractivity contribution in [1.29, 1.82) is 0 Å². The van der Waals surface area contributed by atoms with Crippen LogP contribution in [0.2, 0.25) is 5.02 Å². The van der Waals surface area contributed by atoms with Crippen molar-refractivity contribution in [2.45, 2.75) is 39.2 Å². The van der Waals surface area contributed by atoms with Crippen molar-refractivity contribution in [3.8, 4) is 0 Å². The minimum absolute atomic E-state index is 0.0958. The van der Waals surface area contributed by atoms with E-state index in [1.165, 1.54) is 0 Å². The Balaban J connectivity index is 1.79. The van der Waals surface area contributed by atoms with Gasteiger partial charge in [-0.3, -0.25) is 4.79 Å². The number of likely N-dealkylation sites (tertiary alicyclic amines) is 1. The summed E-state index contributed by atoms with van der Waals surface area (Å²) in [6, 6.07) is 5.46. The van der Waals surface area contributed by atoms with E-state index in [1.54, 1.807) is 6.07 Å². The van der Waals surface area contributed by atoms with E-state index in [0.29, 0.717) is 10.9 Å². The number of benzene rings is 1. The zero-order chi connectivity index (χ0) is 16.4. The molecular weight excluding hydrogens is 310 g/mol. The standard InChI is InChI=1S/C18H22ClN3O/c1-3-21-10-8-20-17(21)14-5-4-9-22(12-14)18(23)16-7-6-15(19)11-13(16)2/h6-8,10-11,14H,3-5,9,12H2,1-2H3/t14-/m0/s1. The van der Waals surface area contributed by atoms with Gasteiger partial charge in [0.25, 0.3) is 5.91 Å². The number of halogens is 1. The number of hydrogen-bond donors (Lipinski definition) is 0. The predicted octanol–water partition coefficient (Wildman–Crippen LogP) is 3.88. The molecule has 0 bridgehead atoms. The fraction of sp³-hybridized carbons (Fsp3) is 0.444. The van der Waals surface area contributed by atoms with E-state index in [2.05, 4.69) is 16.5 Å². The van der Waals surface area contributed by atoms with Crippen molar-refractivity contribution in [2.24, 2.45) is 0 Å². The molecule has 0 saturated carbocycles. The number of aryl methyl sites for hydroxylation is 2. The lowest BCUT2D eigenvalue weighted by atomic mass is 9.96. The first-order valence-corrected chi connectivity index (χ1v) is 8.54. The molecule has 0 radical (unpaired) electrons. The Hall–Kier alpha value is -1.81. The molecule has 1 atom stereocenters. The van der Waals surface area contributed by atoms with Crippen molar-refractivity contribution in [3.05, 3.63) is 52.6 Å². The normalized spacial score (nSPS) is 18.2. The number of amides is 1. The summed E-state index contributed by atoms with van der Waals surface area (Å²) < 4.78 is 2.17. The number of nitrogens with zero attached hydrogens (tertiary/aromatic N) is 3. The van der Waals surface area contributed by atoms with E-state index in [-0.39, 0.29) is 5.91 Å². The highest BCUT2D eigenvalue weighted by Crippen LogP contribution is 2.27. The Bertz CT molecular complexity index is 710. The highest BCUT2D eigenvalue weighted by molar-refractivity contribution is 6.30. The maximum Gasteiger partial charge on any atom is 0.254 e. The predicted molar refractivity (Wildman–Crippen MR) is 92.0 cm³/mol. The Kier molecular flexibility index (Phi) is 4.71. The van der Waals surface area contributed by atoms with Gasteiger partial charge in [0.15, 0.2) is 0 Å². The van der Waals surface area contributed by atoms with E-state index in [4.69, 9.17) is 11.6 Å². The zero-order valence-electron chi connectivity index (χ0n) is 13.6. The maximum atomic E-state index is 12.9. The third-order valence-corrected chi connectivity index (χ3v) is 4.82. The van der Waals surface area contributed by atoms with Crippen molar-refractivity contribution >= 4 is 17.5 Å². The number of rotatable bonds is 3. The molecular formula is C18H22ClN3O. The lowest BCUT2D eigenvalue weighted by Gasteiger charge is -2.33. The summed E-state index contributed by atoms with van der Waals surface area (Å²) >= 11 is 6.00. The lowest BCUT2D eigenvalue weighted by Crippen LogP contribution is -2.40. The molecule has 1 saturated heterocycles. The molecule has 0 unspecified atom stereocenters. The van der Waals surface area contributed by atoms with Gasteiger partial charge in [-0.2, -0.15) is 0 Å². The van der Waals surface area contributed by atoms with Crippen LogP contribution in [0.15, 0.2) is 30.6 Å². The number of carbonyl (C=O) groups is 1. The molecule has 0 aliphatic carbocycles. The SMILES string of the molecule is CCn1ccnc1[C@H]1CCCN(C(=O)c2ccc(Cl)cc2C)C1. The quantitative estimate of drug-likeness (QED) is 0.856. The molecule has 1 amide bonds. The molecule has 122 valence electrons. The van der Waals surface area contributed by atoms with Gasteiger partial charge >= 0.3 is 0 Å². The Morgan fingerprint density at radius 2 is 2.26 bits per heavy atom. The molecule has 1 aromatic heterocycles. The van der Waals surface area contributed by atoms with E-state index in [1.807, 2.05) is 36.4 Å². The van der Waals surface area contributed by atoms with Crippen LogP contribution in [0, 0.1) is 6.92 Å². The molecule has 1 aliphatic rings. The summed E-state index contributed by atoms with van der Waals surface area (Å²) in [6.07, 6.45) is 5.96. The van der Waals surface area contributed by atoms with Gasteiger partial charge in [0.05, 0.1) is 0 Å². The molecule has 0 spiro atoms. The van der Waals surface area contributed by atoms with Gasteiger partial charge in [0, 0.05) is 48.5 Å². The summed E-state index contributed by atoms with van der Waals surface area (Å²) in [5.74, 6) is 1.51. The molecule has 1 aromatic carbocycles. The number of aromatic nitrogens is 2. The van der Waals surface area contributed by atoms with Gasteiger partial charge in [-0.05, 0) is 50.5 Å². The number of imidazole rings is 1. The molecule has 1 fully saturated rings. The van der Waals surface area contributed by atoms with Gasteiger partial charge in [0.1, 0.15) is 5.82 Å². The summed E-state index contributed by atoms with van der Waals surface area (Å²) in [5.41, 5.74) is 1.67. The van der Waals surface area contributed by atoms with Crippen LogP contribution in [0.25, 0.3) is 0 Å². The van der Waals surface area contributed by atoms with Crippen LogP contribution in [0.1, 0.15) is 47.4 Å². The summed E-state index contributed by atoms with van der Waals surface area (Å²) in [4.78, 5) is 19.3. The maximum absolute atomic E-state index is 12.9. The van der Waals surface area contributed by atoms with E-state index >= 15 is 0 Å². The third kappa shape index (κ3) is 3.27. The minimum Gasteiger partial charge on any atom is -0.338 e. The highest BCUT2D eigenvalue weighted by atomic mass is 35.5. The van der Waals surface area contributed by atoms with Crippen molar-refractivity contribution < 1.29 is 4.79 Å². The molecule has 2 aromatic rings. The highest BCUT2D eigenvalue weighted by Gasteiger charge is 2.28. The average Bonchev–Trinajstić information content (AvgIpc) is 3.03. The zero-order valence-corrected chi connectivity index (χ0v) is 14.4. The number of carbonyl (C=O) groups excluding carboxylic acids is 1. The first-order chi connectivity index (χ1) is 11.1. The van der Waals surface area contributed by atoms with Gasteiger partial charge in [-0.1, -0.05) is 11.6 Å². The summed E-state index contributed by atoms with van der Waals surface area (Å²) in [7, 11) is 0. The monoisotopic (exact) mass is 331 g/mol. The van der Waals surface area contributed by atoms with Crippen molar-refractivity contribution in [1.82, 2.24) is 14.5 Å². The number of piperidine rings is 1. The smallest absolute Gasteiger partial charge is 0.254 e. The molecule has 4 nitrogen and oxygen atoms in total. The minimum atomic E-state index is 0.0958. The molecule has 3 rings (SSSR count). The van der Waals surface area contributed by atoms with Crippen LogP contribution in [0.3, 0.4) is 0 Å². The van der Waals surface area contributed by atoms with Crippen LogP contribution < -0.4 is 0 Å². The lowest BCUT2D eigenvalue weighted by molar-refractivity contribution is 0.0702. The molecule has 23 heavy (non-hydrogen) atoms. The average molecular weight is 332 g/mol. The second-order valence-electron chi connectivity index (χ2n) is 6.12. The first kappa shape index (κ1) is 16.1. The van der Waals surface area contributed by atoms with Gasteiger partial charge in [-0.15, -0.1) is 0 Å². The summed E-state index contributed by atoms with van der Waals surface area (Å²) in [5, 5.41) is 0.667. The Morgan fingerprint density at radius 3 is 3.00 bits per heavy atom. The van der Waals surface area contributed by atoms with Crippen LogP contribution in [-0.4, -0.2) is 33.4 Å². The largest absolute Gasteiger partial charge is 0.338 e. The van der Waals surface area contributed by atoms with Gasteiger partial charge < -0.3 is 9.47 Å². The van der Waals surface area contributed by atoms with Crippen LogP contribution in [-0.2, 0) is 6.54 Å². The molecule has 1 aliphatic heterocycles. The van der Waals surface area contributed by atoms with Crippen molar-refractivity contribution in [3.63, 3.8) is 0 Å².